The van der Waals surface area contributed by atoms with Gasteiger partial charge in [-0.2, -0.15) is 0 Å². The molecule has 1 rings (SSSR count). The van der Waals surface area contributed by atoms with Gasteiger partial charge in [0.15, 0.2) is 6.29 Å². The van der Waals surface area contributed by atoms with Gasteiger partial charge < -0.3 is 15.6 Å². The van der Waals surface area contributed by atoms with Gasteiger partial charge in [-0.3, -0.25) is 4.79 Å². The minimum atomic E-state index is -0.962. The number of ether oxygens (including phenoxy) is 1. The highest BCUT2D eigenvalue weighted by atomic mass is 16.6. The number of benzene rings is 1. The number of amides is 1. The van der Waals surface area contributed by atoms with Crippen molar-refractivity contribution in [2.24, 2.45) is 5.73 Å². The number of nitrogens with two attached hydrogens (primary N) is 1. The molecule has 76 valence electrons. The van der Waals surface area contributed by atoms with Crippen LogP contribution in [0.1, 0.15) is 22.8 Å². The largest absolute Gasteiger partial charge is 0.465 e. The molecule has 0 saturated heterocycles. The lowest BCUT2D eigenvalue weighted by Crippen LogP contribution is -2.16. The summed E-state index contributed by atoms with van der Waals surface area (Å²) in [5.74, 6) is -0.262. The van der Waals surface area contributed by atoms with Gasteiger partial charge in [0.25, 0.3) is 5.91 Å². The van der Waals surface area contributed by atoms with Crippen molar-refractivity contribution in [3.8, 4) is 5.75 Å². The molecule has 0 fully saturated rings. The van der Waals surface area contributed by atoms with Gasteiger partial charge in [-0.1, -0.05) is 11.6 Å². The molecule has 1 aromatic rings. The first-order valence-electron chi connectivity index (χ1n) is 4.26. The number of aryl methyl sites for hydroxylation is 1. The van der Waals surface area contributed by atoms with Crippen LogP contribution in [0.25, 0.3) is 0 Å². The average Bonchev–Trinajstić information content (AvgIpc) is 2.07. The molecule has 1 unspecified atom stereocenters. The van der Waals surface area contributed by atoms with Crippen LogP contribution in [0.5, 0.6) is 5.75 Å². The van der Waals surface area contributed by atoms with Gasteiger partial charge in [0.2, 0.25) is 0 Å². The normalized spacial score (nSPS) is 12.2. The van der Waals surface area contributed by atoms with Crippen LogP contribution < -0.4 is 10.5 Å². The number of carbonyl (C=O) groups excluding carboxylic acids is 1. The number of hydrogen-bond acceptors (Lipinski definition) is 3. The molecule has 0 aliphatic rings. The maximum absolute atomic E-state index is 11.0. The highest BCUT2D eigenvalue weighted by Gasteiger charge is 2.10. The van der Waals surface area contributed by atoms with E-state index < -0.39 is 12.2 Å². The average molecular weight is 195 g/mol. The molecule has 0 aliphatic carbocycles. The van der Waals surface area contributed by atoms with Crippen molar-refractivity contribution in [2.75, 3.05) is 0 Å². The van der Waals surface area contributed by atoms with E-state index in [0.29, 0.717) is 5.75 Å². The van der Waals surface area contributed by atoms with Crippen molar-refractivity contribution < 1.29 is 14.6 Å². The monoisotopic (exact) mass is 195 g/mol. The van der Waals surface area contributed by atoms with E-state index in [-0.39, 0.29) is 5.56 Å². The zero-order valence-electron chi connectivity index (χ0n) is 8.15. The number of aliphatic hydroxyl groups excluding tert-OH is 1. The fourth-order valence-electron chi connectivity index (χ4n) is 1.12. The summed E-state index contributed by atoms with van der Waals surface area (Å²) < 4.78 is 5.02. The van der Waals surface area contributed by atoms with Crippen molar-refractivity contribution in [3.05, 3.63) is 29.3 Å². The Labute approximate surface area is 82.3 Å². The Bertz CT molecular complexity index is 347. The predicted molar refractivity (Wildman–Crippen MR) is 52.0 cm³/mol. The molecule has 0 bridgehead atoms. The smallest absolute Gasteiger partial charge is 0.252 e. The second kappa shape index (κ2) is 4.11. The van der Waals surface area contributed by atoms with Crippen LogP contribution >= 0.6 is 0 Å². The Morgan fingerprint density at radius 2 is 2.21 bits per heavy atom. The number of primary amides is 1. The lowest BCUT2D eigenvalue weighted by molar-refractivity contribution is -0.000762. The van der Waals surface area contributed by atoms with Crippen LogP contribution in [-0.4, -0.2) is 17.3 Å². The number of carbonyl (C=O) groups is 1. The molecular weight excluding hydrogens is 182 g/mol. The first-order chi connectivity index (χ1) is 6.50. The van der Waals surface area contributed by atoms with Crippen molar-refractivity contribution in [3.63, 3.8) is 0 Å². The van der Waals surface area contributed by atoms with Gasteiger partial charge in [-0.15, -0.1) is 0 Å². The summed E-state index contributed by atoms with van der Waals surface area (Å²) in [5, 5.41) is 9.01. The predicted octanol–water partition coefficient (Wildman–Crippen LogP) is 0.811. The summed E-state index contributed by atoms with van der Waals surface area (Å²) in [4.78, 5) is 11.0. The molecule has 1 atom stereocenters. The van der Waals surface area contributed by atoms with Crippen LogP contribution in [0, 0.1) is 6.92 Å². The first kappa shape index (κ1) is 10.5. The zero-order valence-corrected chi connectivity index (χ0v) is 8.15. The maximum Gasteiger partial charge on any atom is 0.252 e. The van der Waals surface area contributed by atoms with E-state index in [4.69, 9.17) is 15.6 Å². The lowest BCUT2D eigenvalue weighted by atomic mass is 10.1. The molecule has 0 radical (unpaired) electrons. The molecule has 0 saturated carbocycles. The van der Waals surface area contributed by atoms with Gasteiger partial charge >= 0.3 is 0 Å². The topological polar surface area (TPSA) is 72.6 Å². The van der Waals surface area contributed by atoms with Gasteiger partial charge in [0.1, 0.15) is 5.75 Å². The molecule has 3 N–H and O–H groups in total. The molecule has 4 heteroatoms. The maximum atomic E-state index is 11.0. The van der Waals surface area contributed by atoms with E-state index in [0.717, 1.165) is 5.56 Å². The summed E-state index contributed by atoms with van der Waals surface area (Å²) in [6, 6.07) is 5.02. The SMILES string of the molecule is Cc1ccc(OC(C)O)c(C(N)=O)c1. The Hall–Kier alpha value is -1.55. The van der Waals surface area contributed by atoms with Crippen LogP contribution in [0.3, 0.4) is 0 Å². The third-order valence-corrected chi connectivity index (χ3v) is 1.70. The number of hydrogen-bond donors (Lipinski definition) is 2. The van der Waals surface area contributed by atoms with E-state index >= 15 is 0 Å². The fraction of sp³-hybridized carbons (Fsp3) is 0.300. The van der Waals surface area contributed by atoms with E-state index in [9.17, 15) is 4.79 Å². The summed E-state index contributed by atoms with van der Waals surface area (Å²) in [6.45, 7) is 3.31. The second-order valence-electron chi connectivity index (χ2n) is 3.08. The zero-order chi connectivity index (χ0) is 10.7. The molecule has 0 aromatic heterocycles. The molecular formula is C10H13NO3. The third kappa shape index (κ3) is 2.47. The minimum absolute atomic E-state index is 0.283. The number of rotatable bonds is 3. The first-order valence-corrected chi connectivity index (χ1v) is 4.26. The third-order valence-electron chi connectivity index (χ3n) is 1.70. The quantitative estimate of drug-likeness (QED) is 0.701. The van der Waals surface area contributed by atoms with Crippen molar-refractivity contribution in [1.29, 1.82) is 0 Å². The van der Waals surface area contributed by atoms with Gasteiger partial charge in [-0.25, -0.2) is 0 Å². The van der Waals surface area contributed by atoms with Gasteiger partial charge in [-0.05, 0) is 26.0 Å². The minimum Gasteiger partial charge on any atom is -0.465 e. The molecule has 1 amide bonds. The molecule has 4 nitrogen and oxygen atoms in total. The van der Waals surface area contributed by atoms with Crippen LogP contribution in [0.15, 0.2) is 18.2 Å². The summed E-state index contributed by atoms with van der Waals surface area (Å²) in [6.07, 6.45) is -0.962. The molecule has 1 aromatic carbocycles. The standard InChI is InChI=1S/C10H13NO3/c1-6-3-4-9(14-7(2)12)8(5-6)10(11)13/h3-5,7,12H,1-2H3,(H2,11,13). The van der Waals surface area contributed by atoms with Gasteiger partial charge in [0.05, 0.1) is 5.56 Å². The molecule has 0 aliphatic heterocycles. The molecule has 14 heavy (non-hydrogen) atoms. The van der Waals surface area contributed by atoms with Crippen molar-refractivity contribution in [2.45, 2.75) is 20.1 Å². The van der Waals surface area contributed by atoms with Crippen LogP contribution in [0.2, 0.25) is 0 Å². The van der Waals surface area contributed by atoms with E-state index in [1.807, 2.05) is 6.92 Å². The van der Waals surface area contributed by atoms with Crippen LogP contribution in [0.4, 0.5) is 0 Å². The van der Waals surface area contributed by atoms with E-state index in [2.05, 4.69) is 0 Å². The lowest BCUT2D eigenvalue weighted by Gasteiger charge is -2.11. The van der Waals surface area contributed by atoms with Crippen LogP contribution in [-0.2, 0) is 0 Å². The van der Waals surface area contributed by atoms with Crippen molar-refractivity contribution in [1.82, 2.24) is 0 Å². The Balaban J connectivity index is 3.08. The second-order valence-corrected chi connectivity index (χ2v) is 3.08. The summed E-state index contributed by atoms with van der Waals surface area (Å²) in [5.41, 5.74) is 6.36. The molecule has 0 heterocycles. The van der Waals surface area contributed by atoms with Gasteiger partial charge in [0, 0.05) is 0 Å². The highest BCUT2D eigenvalue weighted by Crippen LogP contribution is 2.20. The summed E-state index contributed by atoms with van der Waals surface area (Å²) >= 11 is 0. The number of aliphatic hydroxyl groups is 1. The highest BCUT2D eigenvalue weighted by molar-refractivity contribution is 5.95. The Morgan fingerprint density at radius 3 is 2.71 bits per heavy atom. The Morgan fingerprint density at radius 1 is 1.57 bits per heavy atom. The Kier molecular flexibility index (Phi) is 3.09. The fourth-order valence-corrected chi connectivity index (χ4v) is 1.12. The summed E-state index contributed by atoms with van der Waals surface area (Å²) in [7, 11) is 0. The van der Waals surface area contributed by atoms with E-state index in [1.165, 1.54) is 6.92 Å². The van der Waals surface area contributed by atoms with E-state index in [1.54, 1.807) is 18.2 Å². The van der Waals surface area contributed by atoms with Crippen molar-refractivity contribution >= 4 is 5.91 Å². The molecule has 0 spiro atoms.